The predicted molar refractivity (Wildman–Crippen MR) is 69.2 cm³/mol. The standard InChI is InChI=1S/C14H9FOS/c1-8-2-4-10-13(6-8)16-12-5-3-9(15)7-11(12)14(10)17/h2-7H,1H3. The summed E-state index contributed by atoms with van der Waals surface area (Å²) in [6, 6.07) is 10.2. The van der Waals surface area contributed by atoms with E-state index in [1.807, 2.05) is 25.1 Å². The lowest BCUT2D eigenvalue weighted by Gasteiger charge is -2.03. The summed E-state index contributed by atoms with van der Waals surface area (Å²) >= 11 is 5.37. The summed E-state index contributed by atoms with van der Waals surface area (Å²) in [6.07, 6.45) is 0. The fourth-order valence-corrected chi connectivity index (χ4v) is 2.26. The molecule has 3 aromatic rings. The van der Waals surface area contributed by atoms with Crippen LogP contribution in [0.5, 0.6) is 0 Å². The summed E-state index contributed by atoms with van der Waals surface area (Å²) in [5.41, 5.74) is 2.47. The van der Waals surface area contributed by atoms with E-state index in [2.05, 4.69) is 0 Å². The topological polar surface area (TPSA) is 13.1 Å². The van der Waals surface area contributed by atoms with Crippen LogP contribution in [0.25, 0.3) is 21.9 Å². The number of fused-ring (bicyclic) bond motifs is 2. The molecule has 0 saturated heterocycles. The van der Waals surface area contributed by atoms with Crippen LogP contribution in [-0.2, 0) is 0 Å². The molecule has 0 spiro atoms. The van der Waals surface area contributed by atoms with E-state index in [0.29, 0.717) is 15.5 Å². The monoisotopic (exact) mass is 244 g/mol. The second-order valence-corrected chi connectivity index (χ2v) is 4.48. The van der Waals surface area contributed by atoms with Crippen LogP contribution in [0.2, 0.25) is 0 Å². The zero-order valence-electron chi connectivity index (χ0n) is 9.16. The molecule has 0 saturated carbocycles. The Hall–Kier alpha value is -1.74. The maximum absolute atomic E-state index is 13.2. The van der Waals surface area contributed by atoms with E-state index in [0.717, 1.165) is 16.5 Å². The number of hydrogen-bond acceptors (Lipinski definition) is 2. The highest BCUT2D eigenvalue weighted by Gasteiger charge is 2.05. The molecule has 0 atom stereocenters. The van der Waals surface area contributed by atoms with Crippen molar-refractivity contribution in [3.05, 3.63) is 52.3 Å². The van der Waals surface area contributed by atoms with Gasteiger partial charge in [0.05, 0.1) is 4.51 Å². The van der Waals surface area contributed by atoms with Gasteiger partial charge in [-0.15, -0.1) is 0 Å². The first kappa shape index (κ1) is 10.4. The molecule has 3 rings (SSSR count). The summed E-state index contributed by atoms with van der Waals surface area (Å²) in [5.74, 6) is -0.301. The fraction of sp³-hybridized carbons (Fsp3) is 0.0714. The van der Waals surface area contributed by atoms with Crippen LogP contribution < -0.4 is 0 Å². The molecule has 0 aliphatic carbocycles. The Morgan fingerprint density at radius 3 is 2.65 bits per heavy atom. The highest BCUT2D eigenvalue weighted by atomic mass is 32.1. The number of rotatable bonds is 0. The van der Waals surface area contributed by atoms with Gasteiger partial charge < -0.3 is 4.42 Å². The van der Waals surface area contributed by atoms with Gasteiger partial charge in [-0.3, -0.25) is 0 Å². The Labute approximate surface area is 102 Å². The van der Waals surface area contributed by atoms with E-state index in [4.69, 9.17) is 16.6 Å². The molecule has 1 nitrogen and oxygen atoms in total. The first-order chi connectivity index (χ1) is 8.15. The van der Waals surface area contributed by atoms with Gasteiger partial charge in [0.25, 0.3) is 0 Å². The summed E-state index contributed by atoms with van der Waals surface area (Å²) in [7, 11) is 0. The summed E-state index contributed by atoms with van der Waals surface area (Å²) < 4.78 is 19.6. The van der Waals surface area contributed by atoms with E-state index in [9.17, 15) is 4.39 Å². The van der Waals surface area contributed by atoms with Gasteiger partial charge in [-0.05, 0) is 42.8 Å². The van der Waals surface area contributed by atoms with Crippen LogP contribution in [0.1, 0.15) is 5.56 Å². The van der Waals surface area contributed by atoms with Crippen molar-refractivity contribution in [2.45, 2.75) is 6.92 Å². The van der Waals surface area contributed by atoms with Gasteiger partial charge in [0.2, 0.25) is 0 Å². The van der Waals surface area contributed by atoms with Crippen LogP contribution >= 0.6 is 12.2 Å². The number of halogens is 1. The van der Waals surface area contributed by atoms with Gasteiger partial charge in [0.15, 0.2) is 0 Å². The van der Waals surface area contributed by atoms with Gasteiger partial charge in [-0.1, -0.05) is 18.3 Å². The van der Waals surface area contributed by atoms with E-state index >= 15 is 0 Å². The van der Waals surface area contributed by atoms with Crippen molar-refractivity contribution in [3.63, 3.8) is 0 Å². The first-order valence-electron chi connectivity index (χ1n) is 5.28. The molecule has 0 amide bonds. The predicted octanol–water partition coefficient (Wildman–Crippen LogP) is 4.76. The van der Waals surface area contributed by atoms with Crippen molar-refractivity contribution in [2.24, 2.45) is 0 Å². The Morgan fingerprint density at radius 1 is 1.00 bits per heavy atom. The van der Waals surface area contributed by atoms with Gasteiger partial charge in [0, 0.05) is 10.8 Å². The van der Waals surface area contributed by atoms with Crippen LogP contribution in [0.3, 0.4) is 0 Å². The molecule has 2 aromatic carbocycles. The highest BCUT2D eigenvalue weighted by Crippen LogP contribution is 2.26. The highest BCUT2D eigenvalue weighted by molar-refractivity contribution is 7.72. The third-order valence-corrected chi connectivity index (χ3v) is 3.23. The van der Waals surface area contributed by atoms with Crippen molar-refractivity contribution < 1.29 is 8.81 Å². The van der Waals surface area contributed by atoms with E-state index in [-0.39, 0.29) is 5.82 Å². The molecule has 0 N–H and O–H groups in total. The minimum atomic E-state index is -0.301. The maximum Gasteiger partial charge on any atom is 0.136 e. The van der Waals surface area contributed by atoms with Gasteiger partial charge >= 0.3 is 0 Å². The second-order valence-electron chi connectivity index (χ2n) is 4.07. The largest absolute Gasteiger partial charge is 0.456 e. The lowest BCUT2D eigenvalue weighted by molar-refractivity contribution is 0.623. The second kappa shape index (κ2) is 3.64. The SMILES string of the molecule is Cc1ccc2c(=S)c3cc(F)ccc3oc2c1. The fourth-order valence-electron chi connectivity index (χ4n) is 1.93. The summed E-state index contributed by atoms with van der Waals surface area (Å²) in [6.45, 7) is 1.99. The summed E-state index contributed by atoms with van der Waals surface area (Å²) in [4.78, 5) is 0. The molecule has 0 bridgehead atoms. The molecule has 84 valence electrons. The normalized spacial score (nSPS) is 11.2. The van der Waals surface area contributed by atoms with Crippen molar-refractivity contribution in [1.29, 1.82) is 0 Å². The minimum absolute atomic E-state index is 0.301. The third-order valence-electron chi connectivity index (χ3n) is 2.79. The maximum atomic E-state index is 13.2. The average Bonchev–Trinajstić information content (AvgIpc) is 2.30. The Kier molecular flexibility index (Phi) is 2.23. The van der Waals surface area contributed by atoms with Gasteiger partial charge in [0.1, 0.15) is 17.0 Å². The molecule has 0 unspecified atom stereocenters. The van der Waals surface area contributed by atoms with Crippen LogP contribution in [-0.4, -0.2) is 0 Å². The molecule has 0 aliphatic rings. The lowest BCUT2D eigenvalue weighted by Crippen LogP contribution is -1.82. The van der Waals surface area contributed by atoms with Crippen LogP contribution in [0.4, 0.5) is 4.39 Å². The van der Waals surface area contributed by atoms with E-state index in [1.54, 1.807) is 6.07 Å². The number of hydrogen-bond donors (Lipinski definition) is 0. The van der Waals surface area contributed by atoms with Crippen LogP contribution in [0, 0.1) is 17.3 Å². The molecule has 0 aliphatic heterocycles. The molecular weight excluding hydrogens is 235 g/mol. The quantitative estimate of drug-likeness (QED) is 0.417. The molecule has 0 radical (unpaired) electrons. The van der Waals surface area contributed by atoms with Crippen molar-refractivity contribution in [2.75, 3.05) is 0 Å². The lowest BCUT2D eigenvalue weighted by atomic mass is 10.1. The zero-order chi connectivity index (χ0) is 12.0. The molecular formula is C14H9FOS. The van der Waals surface area contributed by atoms with E-state index < -0.39 is 0 Å². The van der Waals surface area contributed by atoms with Crippen molar-refractivity contribution >= 4 is 34.2 Å². The van der Waals surface area contributed by atoms with Gasteiger partial charge in [-0.25, -0.2) is 4.39 Å². The third kappa shape index (κ3) is 1.63. The minimum Gasteiger partial charge on any atom is -0.456 e. The molecule has 3 heteroatoms. The number of aryl methyl sites for hydroxylation is 1. The van der Waals surface area contributed by atoms with Crippen LogP contribution in [0.15, 0.2) is 40.8 Å². The van der Waals surface area contributed by atoms with Crippen molar-refractivity contribution in [1.82, 2.24) is 0 Å². The van der Waals surface area contributed by atoms with Crippen molar-refractivity contribution in [3.8, 4) is 0 Å². The number of benzene rings is 2. The molecule has 1 aromatic heterocycles. The Balaban J connectivity index is 2.57. The molecule has 1 heterocycles. The van der Waals surface area contributed by atoms with Gasteiger partial charge in [-0.2, -0.15) is 0 Å². The average molecular weight is 244 g/mol. The smallest absolute Gasteiger partial charge is 0.136 e. The Morgan fingerprint density at radius 2 is 1.82 bits per heavy atom. The molecule has 17 heavy (non-hydrogen) atoms. The summed E-state index contributed by atoms with van der Waals surface area (Å²) in [5, 5.41) is 1.50. The zero-order valence-corrected chi connectivity index (χ0v) is 9.98. The molecule has 0 fully saturated rings. The Bertz CT molecular complexity index is 789. The van der Waals surface area contributed by atoms with E-state index in [1.165, 1.54) is 12.1 Å². The first-order valence-corrected chi connectivity index (χ1v) is 5.69.